The normalized spacial score (nSPS) is 11.8. The average Bonchev–Trinajstić information content (AvgIpc) is 2.79. The summed E-state index contributed by atoms with van der Waals surface area (Å²) in [6.45, 7) is 5.00. The van der Waals surface area contributed by atoms with Crippen molar-refractivity contribution in [3.63, 3.8) is 0 Å². The summed E-state index contributed by atoms with van der Waals surface area (Å²) in [5.41, 5.74) is 1.94. The van der Waals surface area contributed by atoms with Gasteiger partial charge in [0.1, 0.15) is 10.8 Å². The molecule has 1 aromatic carbocycles. The zero-order valence-electron chi connectivity index (χ0n) is 10.8. The van der Waals surface area contributed by atoms with Gasteiger partial charge in [-0.1, -0.05) is 12.1 Å². The molecule has 0 aliphatic rings. The van der Waals surface area contributed by atoms with Gasteiger partial charge in [-0.05, 0) is 38.6 Å². The Hall–Kier alpha value is -1.26. The van der Waals surface area contributed by atoms with Crippen LogP contribution in [0.5, 0.6) is 0 Å². The molecule has 2 aromatic rings. The first kappa shape index (κ1) is 13.2. The van der Waals surface area contributed by atoms with Crippen molar-refractivity contribution in [1.82, 2.24) is 10.3 Å². The zero-order valence-corrected chi connectivity index (χ0v) is 11.6. The maximum Gasteiger partial charge on any atom is 0.123 e. The maximum atomic E-state index is 13.0. The Labute approximate surface area is 111 Å². The molecule has 0 unspecified atom stereocenters. The van der Waals surface area contributed by atoms with E-state index in [1.54, 1.807) is 11.3 Å². The van der Waals surface area contributed by atoms with Crippen LogP contribution in [-0.2, 0) is 12.0 Å². The van der Waals surface area contributed by atoms with Crippen LogP contribution >= 0.6 is 11.3 Å². The standard InChI is InChI=1S/C14H17FN2S/c1-14(2,10-4-6-11(15)7-5-10)13-17-12(8-16-3)9-18-13/h4-7,9,16H,8H2,1-3H3. The van der Waals surface area contributed by atoms with E-state index >= 15 is 0 Å². The fourth-order valence-corrected chi connectivity index (χ4v) is 2.81. The molecule has 0 aliphatic heterocycles. The van der Waals surface area contributed by atoms with Crippen LogP contribution in [-0.4, -0.2) is 12.0 Å². The van der Waals surface area contributed by atoms with Gasteiger partial charge in [-0.15, -0.1) is 11.3 Å². The van der Waals surface area contributed by atoms with Crippen LogP contribution in [0.4, 0.5) is 4.39 Å². The van der Waals surface area contributed by atoms with Gasteiger partial charge < -0.3 is 5.32 Å². The molecule has 96 valence electrons. The number of hydrogen-bond donors (Lipinski definition) is 1. The SMILES string of the molecule is CNCc1csc(C(C)(C)c2ccc(F)cc2)n1. The molecule has 0 amide bonds. The third-order valence-electron chi connectivity index (χ3n) is 3.01. The van der Waals surface area contributed by atoms with Crippen molar-refractivity contribution in [3.8, 4) is 0 Å². The van der Waals surface area contributed by atoms with Crippen LogP contribution in [0.15, 0.2) is 29.6 Å². The molecule has 0 spiro atoms. The van der Waals surface area contributed by atoms with Crippen molar-refractivity contribution < 1.29 is 4.39 Å². The molecule has 2 nitrogen and oxygen atoms in total. The van der Waals surface area contributed by atoms with E-state index in [4.69, 9.17) is 0 Å². The third-order valence-corrected chi connectivity index (χ3v) is 4.22. The fraction of sp³-hybridized carbons (Fsp3) is 0.357. The lowest BCUT2D eigenvalue weighted by molar-refractivity contribution is 0.609. The molecular weight excluding hydrogens is 247 g/mol. The number of nitrogens with one attached hydrogen (secondary N) is 1. The fourth-order valence-electron chi connectivity index (χ4n) is 1.85. The van der Waals surface area contributed by atoms with Crippen LogP contribution < -0.4 is 5.32 Å². The van der Waals surface area contributed by atoms with Gasteiger partial charge in [-0.2, -0.15) is 0 Å². The summed E-state index contributed by atoms with van der Waals surface area (Å²) in [5.74, 6) is -0.204. The van der Waals surface area contributed by atoms with Gasteiger partial charge >= 0.3 is 0 Å². The van der Waals surface area contributed by atoms with Gasteiger partial charge in [0.15, 0.2) is 0 Å². The number of thiazole rings is 1. The highest BCUT2D eigenvalue weighted by atomic mass is 32.1. The number of halogens is 1. The highest BCUT2D eigenvalue weighted by Crippen LogP contribution is 2.33. The molecule has 0 saturated heterocycles. The Morgan fingerprint density at radius 2 is 1.94 bits per heavy atom. The van der Waals surface area contributed by atoms with Crippen molar-refractivity contribution in [2.45, 2.75) is 25.8 Å². The second-order valence-corrected chi connectivity index (χ2v) is 5.66. The highest BCUT2D eigenvalue weighted by molar-refractivity contribution is 7.09. The van der Waals surface area contributed by atoms with E-state index in [1.807, 2.05) is 19.2 Å². The van der Waals surface area contributed by atoms with E-state index in [-0.39, 0.29) is 11.2 Å². The van der Waals surface area contributed by atoms with Crippen LogP contribution in [0, 0.1) is 5.82 Å². The molecular formula is C14H17FN2S. The molecule has 0 radical (unpaired) electrons. The summed E-state index contributed by atoms with van der Waals surface area (Å²) in [5, 5.41) is 6.21. The Morgan fingerprint density at radius 3 is 2.56 bits per heavy atom. The van der Waals surface area contributed by atoms with Crippen LogP contribution in [0.3, 0.4) is 0 Å². The van der Waals surface area contributed by atoms with Crippen molar-refractivity contribution in [2.75, 3.05) is 7.05 Å². The first-order valence-electron chi connectivity index (χ1n) is 5.89. The van der Waals surface area contributed by atoms with E-state index in [9.17, 15) is 4.39 Å². The Kier molecular flexibility index (Phi) is 3.78. The molecule has 0 saturated carbocycles. The number of rotatable bonds is 4. The second kappa shape index (κ2) is 5.16. The van der Waals surface area contributed by atoms with Gasteiger partial charge in [0, 0.05) is 17.3 Å². The minimum Gasteiger partial charge on any atom is -0.314 e. The Bertz CT molecular complexity index is 517. The van der Waals surface area contributed by atoms with Gasteiger partial charge in [-0.25, -0.2) is 9.37 Å². The van der Waals surface area contributed by atoms with E-state index in [0.717, 1.165) is 22.8 Å². The first-order valence-corrected chi connectivity index (χ1v) is 6.77. The van der Waals surface area contributed by atoms with Crippen molar-refractivity contribution >= 4 is 11.3 Å². The Balaban J connectivity index is 2.31. The van der Waals surface area contributed by atoms with E-state index < -0.39 is 0 Å². The van der Waals surface area contributed by atoms with Crippen LogP contribution in [0.2, 0.25) is 0 Å². The molecule has 0 fully saturated rings. The molecule has 4 heteroatoms. The van der Waals surface area contributed by atoms with E-state index in [2.05, 4.69) is 29.5 Å². The molecule has 1 heterocycles. The smallest absolute Gasteiger partial charge is 0.123 e. The van der Waals surface area contributed by atoms with E-state index in [1.165, 1.54) is 12.1 Å². The van der Waals surface area contributed by atoms with Crippen molar-refractivity contribution in [2.24, 2.45) is 0 Å². The van der Waals surface area contributed by atoms with Gasteiger partial charge in [0.05, 0.1) is 5.69 Å². The number of aromatic nitrogens is 1. The number of benzene rings is 1. The molecule has 0 bridgehead atoms. The highest BCUT2D eigenvalue weighted by Gasteiger charge is 2.26. The second-order valence-electron chi connectivity index (χ2n) is 4.81. The van der Waals surface area contributed by atoms with E-state index in [0.29, 0.717) is 0 Å². The van der Waals surface area contributed by atoms with Crippen molar-refractivity contribution in [1.29, 1.82) is 0 Å². The van der Waals surface area contributed by atoms with Crippen molar-refractivity contribution in [3.05, 3.63) is 51.7 Å². The predicted octanol–water partition coefficient (Wildman–Crippen LogP) is 3.33. The van der Waals surface area contributed by atoms with Gasteiger partial charge in [-0.3, -0.25) is 0 Å². The first-order chi connectivity index (χ1) is 8.54. The summed E-state index contributed by atoms with van der Waals surface area (Å²) in [6.07, 6.45) is 0. The monoisotopic (exact) mass is 264 g/mol. The largest absolute Gasteiger partial charge is 0.314 e. The topological polar surface area (TPSA) is 24.9 Å². The minimum absolute atomic E-state index is 0.190. The van der Waals surface area contributed by atoms with Crippen LogP contribution in [0.1, 0.15) is 30.1 Å². The summed E-state index contributed by atoms with van der Waals surface area (Å²) >= 11 is 1.65. The quantitative estimate of drug-likeness (QED) is 0.916. The summed E-state index contributed by atoms with van der Waals surface area (Å²) in [6, 6.07) is 6.65. The number of hydrogen-bond acceptors (Lipinski definition) is 3. The van der Waals surface area contributed by atoms with Crippen LogP contribution in [0.25, 0.3) is 0 Å². The lowest BCUT2D eigenvalue weighted by atomic mass is 9.85. The predicted molar refractivity (Wildman–Crippen MR) is 73.4 cm³/mol. The zero-order chi connectivity index (χ0) is 13.2. The summed E-state index contributed by atoms with van der Waals surface area (Å²) < 4.78 is 13.0. The molecule has 18 heavy (non-hydrogen) atoms. The third kappa shape index (κ3) is 2.60. The maximum absolute atomic E-state index is 13.0. The molecule has 1 N–H and O–H groups in total. The minimum atomic E-state index is -0.204. The molecule has 2 rings (SSSR count). The summed E-state index contributed by atoms with van der Waals surface area (Å²) in [7, 11) is 1.91. The summed E-state index contributed by atoms with van der Waals surface area (Å²) in [4.78, 5) is 4.63. The lowest BCUT2D eigenvalue weighted by Crippen LogP contribution is -2.19. The lowest BCUT2D eigenvalue weighted by Gasteiger charge is -2.22. The molecule has 0 atom stereocenters. The molecule has 0 aliphatic carbocycles. The Morgan fingerprint density at radius 1 is 1.28 bits per heavy atom. The number of nitrogens with zero attached hydrogens (tertiary/aromatic N) is 1. The van der Waals surface area contributed by atoms with Gasteiger partial charge in [0.2, 0.25) is 0 Å². The average molecular weight is 264 g/mol. The van der Waals surface area contributed by atoms with Gasteiger partial charge in [0.25, 0.3) is 0 Å². The molecule has 1 aromatic heterocycles.